The Kier molecular flexibility index (Phi) is 4.98. The SMILES string of the molecule is O=C(c1cncc(Br)c1)N1CCS[C@@H](c2cccs2)CC1. The largest absolute Gasteiger partial charge is 0.338 e. The second-order valence-electron chi connectivity index (χ2n) is 4.85. The summed E-state index contributed by atoms with van der Waals surface area (Å²) in [4.78, 5) is 20.0. The van der Waals surface area contributed by atoms with Gasteiger partial charge in [-0.05, 0) is 39.9 Å². The Morgan fingerprint density at radius 3 is 3.05 bits per heavy atom. The molecule has 1 fully saturated rings. The Labute approximate surface area is 140 Å². The molecule has 3 nitrogen and oxygen atoms in total. The number of hydrogen-bond acceptors (Lipinski definition) is 4. The van der Waals surface area contributed by atoms with Crippen LogP contribution in [-0.4, -0.2) is 34.6 Å². The van der Waals surface area contributed by atoms with Gasteiger partial charge in [0.25, 0.3) is 5.91 Å². The van der Waals surface area contributed by atoms with E-state index in [2.05, 4.69) is 38.4 Å². The highest BCUT2D eigenvalue weighted by Gasteiger charge is 2.23. The van der Waals surface area contributed by atoms with E-state index in [0.29, 0.717) is 10.8 Å². The Bertz CT molecular complexity index is 618. The van der Waals surface area contributed by atoms with Crippen LogP contribution in [0.25, 0.3) is 0 Å². The van der Waals surface area contributed by atoms with Crippen molar-refractivity contribution < 1.29 is 4.79 Å². The van der Waals surface area contributed by atoms with Gasteiger partial charge in [0.15, 0.2) is 0 Å². The second kappa shape index (κ2) is 6.94. The first-order chi connectivity index (χ1) is 10.2. The summed E-state index contributed by atoms with van der Waals surface area (Å²) >= 11 is 7.13. The molecule has 3 heterocycles. The van der Waals surface area contributed by atoms with Crippen LogP contribution in [0.4, 0.5) is 0 Å². The molecular formula is C15H15BrN2OS2. The summed E-state index contributed by atoms with van der Waals surface area (Å²) in [7, 11) is 0. The van der Waals surface area contributed by atoms with E-state index in [9.17, 15) is 4.79 Å². The first-order valence-electron chi connectivity index (χ1n) is 6.79. The molecule has 0 bridgehead atoms. The lowest BCUT2D eigenvalue weighted by molar-refractivity contribution is 0.0766. The summed E-state index contributed by atoms with van der Waals surface area (Å²) in [5.74, 6) is 1.06. The van der Waals surface area contributed by atoms with Gasteiger partial charge in [0.2, 0.25) is 0 Å². The van der Waals surface area contributed by atoms with Crippen molar-refractivity contribution in [3.05, 3.63) is 50.9 Å². The van der Waals surface area contributed by atoms with E-state index in [1.807, 2.05) is 22.7 Å². The maximum absolute atomic E-state index is 12.6. The van der Waals surface area contributed by atoms with Gasteiger partial charge in [0, 0.05) is 45.8 Å². The molecule has 0 spiro atoms. The van der Waals surface area contributed by atoms with Crippen molar-refractivity contribution in [1.82, 2.24) is 9.88 Å². The molecule has 0 unspecified atom stereocenters. The molecule has 2 aromatic heterocycles. The first-order valence-corrected chi connectivity index (χ1v) is 9.51. The van der Waals surface area contributed by atoms with Crippen LogP contribution in [0.3, 0.4) is 0 Å². The zero-order chi connectivity index (χ0) is 14.7. The molecule has 3 rings (SSSR count). The lowest BCUT2D eigenvalue weighted by Crippen LogP contribution is -2.33. The predicted octanol–water partition coefficient (Wildman–Crippen LogP) is 4.23. The molecule has 1 saturated heterocycles. The molecule has 2 aromatic rings. The molecule has 1 atom stereocenters. The minimum atomic E-state index is 0.0798. The van der Waals surface area contributed by atoms with E-state index in [1.54, 1.807) is 23.7 Å². The van der Waals surface area contributed by atoms with E-state index in [0.717, 1.165) is 29.7 Å². The van der Waals surface area contributed by atoms with Gasteiger partial charge in [0.05, 0.1) is 5.56 Å². The van der Waals surface area contributed by atoms with E-state index >= 15 is 0 Å². The van der Waals surface area contributed by atoms with Crippen LogP contribution in [0, 0.1) is 0 Å². The molecule has 0 N–H and O–H groups in total. The van der Waals surface area contributed by atoms with Gasteiger partial charge >= 0.3 is 0 Å². The fraction of sp³-hybridized carbons (Fsp3) is 0.333. The summed E-state index contributed by atoms with van der Waals surface area (Å²) in [6, 6.07) is 6.13. The highest BCUT2D eigenvalue weighted by atomic mass is 79.9. The van der Waals surface area contributed by atoms with Gasteiger partial charge in [0.1, 0.15) is 0 Å². The van der Waals surface area contributed by atoms with Crippen molar-refractivity contribution in [3.63, 3.8) is 0 Å². The van der Waals surface area contributed by atoms with Crippen LogP contribution >= 0.6 is 39.0 Å². The smallest absolute Gasteiger partial charge is 0.255 e. The molecule has 21 heavy (non-hydrogen) atoms. The number of amides is 1. The molecule has 110 valence electrons. The lowest BCUT2D eigenvalue weighted by atomic mass is 10.2. The number of pyridine rings is 1. The highest BCUT2D eigenvalue weighted by Crippen LogP contribution is 2.36. The molecule has 0 aromatic carbocycles. The lowest BCUT2D eigenvalue weighted by Gasteiger charge is -2.20. The van der Waals surface area contributed by atoms with Crippen molar-refractivity contribution in [2.75, 3.05) is 18.8 Å². The summed E-state index contributed by atoms with van der Waals surface area (Å²) in [6.45, 7) is 1.61. The molecule has 1 aliphatic rings. The summed E-state index contributed by atoms with van der Waals surface area (Å²) in [6.07, 6.45) is 4.35. The fourth-order valence-corrected chi connectivity index (χ4v) is 4.99. The zero-order valence-electron chi connectivity index (χ0n) is 11.4. The van der Waals surface area contributed by atoms with Crippen molar-refractivity contribution >= 4 is 44.9 Å². The van der Waals surface area contributed by atoms with Crippen LogP contribution in [0.5, 0.6) is 0 Å². The molecule has 6 heteroatoms. The van der Waals surface area contributed by atoms with Crippen LogP contribution in [0.1, 0.15) is 26.9 Å². The zero-order valence-corrected chi connectivity index (χ0v) is 14.6. The fourth-order valence-electron chi connectivity index (χ4n) is 2.39. The van der Waals surface area contributed by atoms with Crippen molar-refractivity contribution in [2.24, 2.45) is 0 Å². The van der Waals surface area contributed by atoms with E-state index < -0.39 is 0 Å². The molecule has 0 saturated carbocycles. The Morgan fingerprint density at radius 2 is 2.29 bits per heavy atom. The highest BCUT2D eigenvalue weighted by molar-refractivity contribution is 9.10. The number of carbonyl (C=O) groups is 1. The molecular weight excluding hydrogens is 368 g/mol. The van der Waals surface area contributed by atoms with Gasteiger partial charge in [-0.3, -0.25) is 9.78 Å². The standard InChI is InChI=1S/C15H15BrN2OS2/c16-12-8-11(9-17-10-12)15(19)18-4-3-14(21-7-5-18)13-2-1-6-20-13/h1-2,6,8-10,14H,3-5,7H2/t14-/m1/s1. The molecule has 0 radical (unpaired) electrons. The topological polar surface area (TPSA) is 33.2 Å². The van der Waals surface area contributed by atoms with Crippen molar-refractivity contribution in [1.29, 1.82) is 0 Å². The molecule has 1 aliphatic heterocycles. The number of thioether (sulfide) groups is 1. The second-order valence-corrected chi connectivity index (χ2v) is 8.05. The third-order valence-electron chi connectivity index (χ3n) is 3.44. The third kappa shape index (κ3) is 3.67. The Hall–Kier alpha value is -0.850. The van der Waals surface area contributed by atoms with E-state index in [1.165, 1.54) is 4.88 Å². The van der Waals surface area contributed by atoms with Crippen molar-refractivity contribution in [2.45, 2.75) is 11.7 Å². The van der Waals surface area contributed by atoms with E-state index in [4.69, 9.17) is 0 Å². The predicted molar refractivity (Wildman–Crippen MR) is 92.0 cm³/mol. The average molecular weight is 383 g/mol. The van der Waals surface area contributed by atoms with Crippen LogP contribution < -0.4 is 0 Å². The van der Waals surface area contributed by atoms with Gasteiger partial charge in [-0.25, -0.2) is 0 Å². The maximum atomic E-state index is 12.6. The number of aromatic nitrogens is 1. The minimum absolute atomic E-state index is 0.0798. The van der Waals surface area contributed by atoms with Crippen LogP contribution in [0.2, 0.25) is 0 Å². The Morgan fingerprint density at radius 1 is 1.38 bits per heavy atom. The first kappa shape index (κ1) is 15.1. The average Bonchev–Trinajstić information content (AvgIpc) is 2.91. The van der Waals surface area contributed by atoms with Gasteiger partial charge in [-0.2, -0.15) is 11.8 Å². The van der Waals surface area contributed by atoms with Gasteiger partial charge in [-0.15, -0.1) is 11.3 Å². The molecule has 0 aliphatic carbocycles. The van der Waals surface area contributed by atoms with Gasteiger partial charge in [-0.1, -0.05) is 6.07 Å². The molecule has 1 amide bonds. The van der Waals surface area contributed by atoms with Crippen molar-refractivity contribution in [3.8, 4) is 0 Å². The monoisotopic (exact) mass is 382 g/mol. The number of halogens is 1. The maximum Gasteiger partial charge on any atom is 0.255 e. The van der Waals surface area contributed by atoms with Gasteiger partial charge < -0.3 is 4.90 Å². The number of rotatable bonds is 2. The number of hydrogen-bond donors (Lipinski definition) is 0. The van der Waals surface area contributed by atoms with Crippen LogP contribution in [-0.2, 0) is 0 Å². The number of nitrogens with zero attached hydrogens (tertiary/aromatic N) is 2. The number of carbonyl (C=O) groups excluding carboxylic acids is 1. The summed E-state index contributed by atoms with van der Waals surface area (Å²) in [5, 5.41) is 2.64. The quantitative estimate of drug-likeness (QED) is 0.778. The van der Waals surface area contributed by atoms with Crippen LogP contribution in [0.15, 0.2) is 40.4 Å². The Balaban J connectivity index is 1.69. The summed E-state index contributed by atoms with van der Waals surface area (Å²) < 4.78 is 0.842. The van der Waals surface area contributed by atoms with E-state index in [-0.39, 0.29) is 5.91 Å². The minimum Gasteiger partial charge on any atom is -0.338 e. The third-order valence-corrected chi connectivity index (χ3v) is 6.32. The normalized spacial score (nSPS) is 19.3. The summed E-state index contributed by atoms with van der Waals surface area (Å²) in [5.41, 5.74) is 0.656. The number of thiophene rings is 1.